The number of aliphatic hydroxyl groups is 1. The Balaban J connectivity index is 1.33. The first-order valence-corrected chi connectivity index (χ1v) is 14.8. The van der Waals surface area contributed by atoms with Gasteiger partial charge in [0.1, 0.15) is 0 Å². The first-order valence-electron chi connectivity index (χ1n) is 13.8. The summed E-state index contributed by atoms with van der Waals surface area (Å²) in [5, 5.41) is 21.5. The van der Waals surface area contributed by atoms with Crippen molar-refractivity contribution in [1.29, 1.82) is 0 Å². The van der Waals surface area contributed by atoms with Crippen LogP contribution >= 0.6 is 11.8 Å². The van der Waals surface area contributed by atoms with E-state index in [1.165, 1.54) is 11.8 Å². The smallest absolute Gasteiger partial charge is 0.243 e. The van der Waals surface area contributed by atoms with E-state index in [1.807, 2.05) is 48.5 Å². The van der Waals surface area contributed by atoms with Crippen molar-refractivity contribution in [2.75, 3.05) is 11.1 Å². The predicted molar refractivity (Wildman–Crippen MR) is 154 cm³/mol. The molecule has 0 bridgehead atoms. The summed E-state index contributed by atoms with van der Waals surface area (Å²) in [6.45, 7) is -0.0116. The highest BCUT2D eigenvalue weighted by atomic mass is 32.2. The molecule has 0 aliphatic carbocycles. The fraction of sp³-hybridized carbons (Fsp3) is 0.400. The molecule has 4 rings (SSSR count). The quantitative estimate of drug-likeness (QED) is 0.0674. The summed E-state index contributed by atoms with van der Waals surface area (Å²) >= 11 is 1.54. The van der Waals surface area contributed by atoms with Crippen LogP contribution in [0.1, 0.15) is 74.0 Å². The maximum absolute atomic E-state index is 12.4. The second-order valence-corrected chi connectivity index (χ2v) is 10.8. The van der Waals surface area contributed by atoms with Crippen LogP contribution in [-0.2, 0) is 25.7 Å². The number of carbonyl (C=O) groups excluding carboxylic acids is 2. The summed E-state index contributed by atoms with van der Waals surface area (Å²) in [7, 11) is 0. The minimum atomic E-state index is -0.591. The first-order chi connectivity index (χ1) is 20.0. The zero-order chi connectivity index (χ0) is 28.9. The fourth-order valence-corrected chi connectivity index (χ4v) is 5.30. The van der Waals surface area contributed by atoms with Gasteiger partial charge >= 0.3 is 0 Å². The second kappa shape index (κ2) is 16.2. The van der Waals surface area contributed by atoms with Crippen LogP contribution in [0.25, 0.3) is 0 Å². The fourth-order valence-electron chi connectivity index (χ4n) is 4.48. The lowest BCUT2D eigenvalue weighted by molar-refractivity contribution is -0.245. The van der Waals surface area contributed by atoms with Crippen LogP contribution in [-0.4, -0.2) is 44.0 Å². The molecule has 0 unspecified atom stereocenters. The zero-order valence-corrected chi connectivity index (χ0v) is 23.6. The summed E-state index contributed by atoms with van der Waals surface area (Å²) in [5.41, 5.74) is 5.02. The average Bonchev–Trinajstić information content (AvgIpc) is 3.02. The van der Waals surface area contributed by atoms with Crippen molar-refractivity contribution in [3.05, 3.63) is 83.7 Å². The molecule has 10 nitrogen and oxygen atoms in total. The lowest BCUT2D eigenvalue weighted by Gasteiger charge is -2.36. The number of unbranched alkanes of at least 4 members (excludes halogenated alkanes) is 3. The third-order valence-corrected chi connectivity index (χ3v) is 7.71. The van der Waals surface area contributed by atoms with E-state index >= 15 is 0 Å². The van der Waals surface area contributed by atoms with E-state index < -0.39 is 12.2 Å². The van der Waals surface area contributed by atoms with Crippen LogP contribution in [0.5, 0.6) is 0 Å². The lowest BCUT2D eigenvalue weighted by atomic mass is 10.0. The molecule has 2 amide bonds. The van der Waals surface area contributed by atoms with Crippen molar-refractivity contribution in [1.82, 2.24) is 15.4 Å². The van der Waals surface area contributed by atoms with Gasteiger partial charge in [0.15, 0.2) is 11.4 Å². The van der Waals surface area contributed by atoms with Crippen molar-refractivity contribution in [2.45, 2.75) is 75.2 Å². The number of nitrogens with zero attached hydrogens (tertiary/aromatic N) is 2. The van der Waals surface area contributed by atoms with Crippen LogP contribution in [0.3, 0.4) is 0 Å². The Hall–Kier alpha value is -3.35. The number of hydrogen-bond acceptors (Lipinski definition) is 9. The Morgan fingerprint density at radius 1 is 0.878 bits per heavy atom. The average molecular weight is 581 g/mol. The third kappa shape index (κ3) is 9.91. The van der Waals surface area contributed by atoms with E-state index in [9.17, 15) is 14.7 Å². The van der Waals surface area contributed by atoms with E-state index in [4.69, 9.17) is 14.7 Å². The maximum atomic E-state index is 12.4. The number of carbonyl (C=O) groups is 2. The second-order valence-electron chi connectivity index (χ2n) is 9.81. The standard InChI is InChI=1S/C30H36N4O6S/c35-19-21-8-10-22(11-9-21)26-18-25(20-41-30-31-16-5-17-32-30)39-29(40-26)23-12-14-24(15-13-23)33-27(36)6-3-1-2-4-7-28(37)34-38/h5,8-17,25-26,29,35,38H,1-4,6-7,18-20H2,(H,33,36)(H,34,37)/t25-,26+,29+/m1/s1. The Morgan fingerprint density at radius 3 is 2.20 bits per heavy atom. The van der Waals surface area contributed by atoms with Gasteiger partial charge in [-0.05, 0) is 42.2 Å². The number of anilines is 1. The van der Waals surface area contributed by atoms with Crippen molar-refractivity contribution >= 4 is 29.3 Å². The van der Waals surface area contributed by atoms with E-state index in [-0.39, 0.29) is 31.1 Å². The highest BCUT2D eigenvalue weighted by Gasteiger charge is 2.32. The van der Waals surface area contributed by atoms with Gasteiger partial charge in [-0.25, -0.2) is 15.4 Å². The topological polar surface area (TPSA) is 143 Å². The highest BCUT2D eigenvalue weighted by Crippen LogP contribution is 2.39. The number of aliphatic hydroxyl groups excluding tert-OH is 1. The van der Waals surface area contributed by atoms with Crippen LogP contribution in [0.4, 0.5) is 5.69 Å². The normalized spacial score (nSPS) is 18.5. The molecular weight excluding hydrogens is 544 g/mol. The van der Waals surface area contributed by atoms with Gasteiger partial charge in [-0.3, -0.25) is 14.8 Å². The molecule has 3 aromatic rings. The summed E-state index contributed by atoms with van der Waals surface area (Å²) in [4.78, 5) is 32.0. The van der Waals surface area contributed by atoms with Crippen molar-refractivity contribution < 1.29 is 29.4 Å². The summed E-state index contributed by atoms with van der Waals surface area (Å²) in [6.07, 6.45) is 6.94. The SMILES string of the molecule is O=C(CCCCCCC(=O)Nc1ccc([C@H]2O[C@@H](CSc3ncccn3)C[C@@H](c3ccc(CO)cc3)O2)cc1)NO. The summed E-state index contributed by atoms with van der Waals surface area (Å²) in [5.74, 6) is 0.207. The Labute approximate surface area is 243 Å². The number of benzene rings is 2. The molecule has 2 heterocycles. The minimum absolute atomic E-state index is 0.0116. The zero-order valence-electron chi connectivity index (χ0n) is 22.8. The van der Waals surface area contributed by atoms with Crippen LogP contribution in [0, 0.1) is 0 Å². The molecule has 0 radical (unpaired) electrons. The molecule has 1 saturated heterocycles. The molecule has 1 aliphatic rings. The number of amides is 2. The minimum Gasteiger partial charge on any atom is -0.392 e. The highest BCUT2D eigenvalue weighted by molar-refractivity contribution is 7.99. The van der Waals surface area contributed by atoms with E-state index in [0.29, 0.717) is 35.9 Å². The number of aromatic nitrogens is 2. The van der Waals surface area contributed by atoms with Gasteiger partial charge in [-0.15, -0.1) is 0 Å². The molecule has 1 aliphatic heterocycles. The third-order valence-electron chi connectivity index (χ3n) is 6.70. The molecule has 1 fully saturated rings. The number of thioether (sulfide) groups is 1. The molecule has 0 saturated carbocycles. The maximum Gasteiger partial charge on any atom is 0.243 e. The molecule has 41 heavy (non-hydrogen) atoms. The number of rotatable bonds is 14. The van der Waals surface area contributed by atoms with Gasteiger partial charge in [0.05, 0.1) is 18.8 Å². The summed E-state index contributed by atoms with van der Waals surface area (Å²) in [6, 6.07) is 17.0. The molecule has 3 atom stereocenters. The first kappa shape index (κ1) is 30.6. The number of hydroxylamine groups is 1. The predicted octanol–water partition coefficient (Wildman–Crippen LogP) is 5.09. The Morgan fingerprint density at radius 2 is 1.54 bits per heavy atom. The van der Waals surface area contributed by atoms with Crippen LogP contribution in [0.2, 0.25) is 0 Å². The Bertz CT molecular complexity index is 1230. The van der Waals surface area contributed by atoms with Crippen molar-refractivity contribution in [3.63, 3.8) is 0 Å². The van der Waals surface area contributed by atoms with Crippen molar-refractivity contribution in [2.24, 2.45) is 0 Å². The monoisotopic (exact) mass is 580 g/mol. The van der Waals surface area contributed by atoms with Crippen molar-refractivity contribution in [3.8, 4) is 0 Å². The molecule has 1 aromatic heterocycles. The molecule has 2 aromatic carbocycles. The van der Waals surface area contributed by atoms with Gasteiger partial charge in [0.25, 0.3) is 0 Å². The van der Waals surface area contributed by atoms with Gasteiger partial charge in [0, 0.05) is 48.7 Å². The van der Waals surface area contributed by atoms with Gasteiger partial charge in [0.2, 0.25) is 11.8 Å². The largest absolute Gasteiger partial charge is 0.392 e. The molecular formula is C30H36N4O6S. The molecule has 0 spiro atoms. The Kier molecular flexibility index (Phi) is 12.1. The van der Waals surface area contributed by atoms with Crippen LogP contribution < -0.4 is 10.8 Å². The van der Waals surface area contributed by atoms with Gasteiger partial charge in [-0.1, -0.05) is 61.0 Å². The number of ether oxygens (including phenoxy) is 2. The van der Waals surface area contributed by atoms with E-state index in [1.54, 1.807) is 23.9 Å². The molecule has 11 heteroatoms. The lowest BCUT2D eigenvalue weighted by Crippen LogP contribution is -2.31. The van der Waals surface area contributed by atoms with E-state index in [0.717, 1.165) is 36.0 Å². The van der Waals surface area contributed by atoms with Crippen LogP contribution in [0.15, 0.2) is 72.1 Å². The molecule has 4 N–H and O–H groups in total. The number of nitrogens with one attached hydrogen (secondary N) is 2. The van der Waals surface area contributed by atoms with E-state index in [2.05, 4.69) is 15.3 Å². The van der Waals surface area contributed by atoms with Gasteiger partial charge in [-0.2, -0.15) is 0 Å². The molecule has 218 valence electrons. The number of hydrogen-bond donors (Lipinski definition) is 4. The summed E-state index contributed by atoms with van der Waals surface area (Å²) < 4.78 is 12.7. The van der Waals surface area contributed by atoms with Gasteiger partial charge < -0.3 is 19.9 Å².